The number of esters is 1. The zero-order valence-electron chi connectivity index (χ0n) is 23.7. The number of hydrogen-bond donors (Lipinski definition) is 4. The highest BCUT2D eigenvalue weighted by Gasteiger charge is 2.33. The molecule has 1 unspecified atom stereocenters. The third-order valence-electron chi connectivity index (χ3n) is 6.73. The standard InChI is InChI=1S/C25H40N4O5S2.C2H4O2/c1-18-15-21-5-3-6-23(24(21)27-16-18)36(32,33)28-22(17-35-14-4-10-26)25(31)29-11-7-20(8-12-29)9-13-34-19(2)30;1-2(3)4/h3,5-6,18,20,22,27-28H,4,7-17,26H2,1-2H3;1H3,(H,3,4)/t18?,22-;/m0./s1. The van der Waals surface area contributed by atoms with Crippen molar-refractivity contribution in [2.45, 2.75) is 63.8 Å². The first kappa shape index (κ1) is 33.9. The van der Waals surface area contributed by atoms with E-state index in [9.17, 15) is 18.0 Å². The largest absolute Gasteiger partial charge is 0.481 e. The minimum atomic E-state index is -3.92. The average molecular weight is 601 g/mol. The number of carbonyl (C=O) groups is 3. The minimum absolute atomic E-state index is 0.191. The van der Waals surface area contributed by atoms with Crippen molar-refractivity contribution in [2.24, 2.45) is 17.6 Å². The lowest BCUT2D eigenvalue weighted by atomic mass is 9.93. The van der Waals surface area contributed by atoms with Crippen molar-refractivity contribution < 1.29 is 32.6 Å². The Labute approximate surface area is 242 Å². The molecule has 13 heteroatoms. The Balaban J connectivity index is 0.00000131. The van der Waals surface area contributed by atoms with E-state index in [1.807, 2.05) is 6.07 Å². The van der Waals surface area contributed by atoms with Crippen LogP contribution in [0.25, 0.3) is 0 Å². The zero-order valence-corrected chi connectivity index (χ0v) is 25.3. The van der Waals surface area contributed by atoms with Crippen LogP contribution in [-0.4, -0.2) is 86.6 Å². The SMILES string of the molecule is CC(=O)O.CC(=O)OCCC1CCN(C(=O)[C@H](CSCCCN)NS(=O)(=O)c2cccc3c2NCC(C)C3)CC1. The molecule has 2 heterocycles. The Morgan fingerprint density at radius 3 is 2.55 bits per heavy atom. The number of anilines is 1. The molecule has 1 amide bonds. The number of piperidine rings is 1. The van der Waals surface area contributed by atoms with E-state index in [0.717, 1.165) is 50.3 Å². The van der Waals surface area contributed by atoms with Gasteiger partial charge in [-0.15, -0.1) is 0 Å². The molecule has 1 aromatic carbocycles. The molecule has 0 saturated carbocycles. The fourth-order valence-corrected chi connectivity index (χ4v) is 7.24. The lowest BCUT2D eigenvalue weighted by Gasteiger charge is -2.34. The van der Waals surface area contributed by atoms with E-state index in [-0.39, 0.29) is 16.8 Å². The van der Waals surface area contributed by atoms with Gasteiger partial charge in [0.15, 0.2) is 0 Å². The lowest BCUT2D eigenvalue weighted by molar-refractivity contribution is -0.141. The van der Waals surface area contributed by atoms with Crippen molar-refractivity contribution in [1.29, 1.82) is 0 Å². The number of carbonyl (C=O) groups excluding carboxylic acids is 2. The van der Waals surface area contributed by atoms with Gasteiger partial charge < -0.3 is 25.8 Å². The first-order chi connectivity index (χ1) is 18.9. The number of nitrogens with one attached hydrogen (secondary N) is 2. The molecule has 0 aliphatic carbocycles. The van der Waals surface area contributed by atoms with E-state index in [0.29, 0.717) is 56.1 Å². The number of likely N-dealkylation sites (tertiary alicyclic amines) is 1. The first-order valence-corrected chi connectivity index (χ1v) is 16.4. The van der Waals surface area contributed by atoms with Gasteiger partial charge in [-0.25, -0.2) is 8.42 Å². The predicted molar refractivity (Wildman–Crippen MR) is 157 cm³/mol. The summed E-state index contributed by atoms with van der Waals surface area (Å²) in [6.07, 6.45) is 4.01. The smallest absolute Gasteiger partial charge is 0.302 e. The second kappa shape index (κ2) is 16.8. The molecule has 0 aromatic heterocycles. The number of carboxylic acid groups (broad SMARTS) is 1. The van der Waals surface area contributed by atoms with Gasteiger partial charge in [0.25, 0.3) is 5.97 Å². The Morgan fingerprint density at radius 2 is 1.93 bits per heavy atom. The van der Waals surface area contributed by atoms with E-state index in [1.54, 1.807) is 17.0 Å². The number of hydrogen-bond acceptors (Lipinski definition) is 9. The molecule has 11 nitrogen and oxygen atoms in total. The van der Waals surface area contributed by atoms with E-state index >= 15 is 0 Å². The van der Waals surface area contributed by atoms with Crippen molar-refractivity contribution in [3.8, 4) is 0 Å². The molecule has 1 aromatic rings. The fourth-order valence-electron chi connectivity index (χ4n) is 4.72. The molecule has 0 radical (unpaired) electrons. The zero-order chi connectivity index (χ0) is 29.7. The predicted octanol–water partition coefficient (Wildman–Crippen LogP) is 2.30. The normalized spacial score (nSPS) is 18.0. The van der Waals surface area contributed by atoms with Crippen LogP contribution in [-0.2, 0) is 35.6 Å². The molecule has 2 aliphatic rings. The highest BCUT2D eigenvalue weighted by atomic mass is 32.2. The van der Waals surface area contributed by atoms with Crippen LogP contribution in [0.4, 0.5) is 5.69 Å². The van der Waals surface area contributed by atoms with Crippen molar-refractivity contribution in [3.63, 3.8) is 0 Å². The molecule has 2 atom stereocenters. The molecule has 40 heavy (non-hydrogen) atoms. The van der Waals surface area contributed by atoms with Crippen molar-refractivity contribution in [2.75, 3.05) is 49.6 Å². The van der Waals surface area contributed by atoms with Crippen LogP contribution < -0.4 is 15.8 Å². The second-order valence-corrected chi connectivity index (χ2v) is 13.1. The summed E-state index contributed by atoms with van der Waals surface area (Å²) >= 11 is 1.54. The van der Waals surface area contributed by atoms with Crippen molar-refractivity contribution in [1.82, 2.24) is 9.62 Å². The van der Waals surface area contributed by atoms with Gasteiger partial charge in [0.1, 0.15) is 10.9 Å². The first-order valence-electron chi connectivity index (χ1n) is 13.7. The van der Waals surface area contributed by atoms with Crippen LogP contribution in [0.2, 0.25) is 0 Å². The monoisotopic (exact) mass is 600 g/mol. The number of aliphatic carboxylic acids is 1. The van der Waals surface area contributed by atoms with Gasteiger partial charge in [-0.2, -0.15) is 16.5 Å². The highest BCUT2D eigenvalue weighted by molar-refractivity contribution is 7.99. The number of thioether (sulfide) groups is 1. The van der Waals surface area contributed by atoms with Gasteiger partial charge in [-0.3, -0.25) is 14.4 Å². The van der Waals surface area contributed by atoms with E-state index in [1.165, 1.54) is 18.7 Å². The summed E-state index contributed by atoms with van der Waals surface area (Å²) in [6.45, 7) is 7.40. The molecule has 226 valence electrons. The lowest BCUT2D eigenvalue weighted by Crippen LogP contribution is -2.52. The molecule has 5 N–H and O–H groups in total. The summed E-state index contributed by atoms with van der Waals surface area (Å²) in [5, 5.41) is 10.7. The Kier molecular flexibility index (Phi) is 14.2. The molecule has 0 spiro atoms. The van der Waals surface area contributed by atoms with Gasteiger partial charge in [0.05, 0.1) is 12.3 Å². The van der Waals surface area contributed by atoms with Gasteiger partial charge in [-0.05, 0) is 67.9 Å². The summed E-state index contributed by atoms with van der Waals surface area (Å²) in [5.41, 5.74) is 7.22. The van der Waals surface area contributed by atoms with Crippen LogP contribution in [0, 0.1) is 11.8 Å². The maximum Gasteiger partial charge on any atom is 0.302 e. The van der Waals surface area contributed by atoms with Crippen molar-refractivity contribution in [3.05, 3.63) is 23.8 Å². The highest BCUT2D eigenvalue weighted by Crippen LogP contribution is 2.31. The molecule has 0 bridgehead atoms. The topological polar surface area (TPSA) is 168 Å². The van der Waals surface area contributed by atoms with Gasteiger partial charge in [0, 0.05) is 39.2 Å². The third-order valence-corrected chi connectivity index (χ3v) is 9.39. The summed E-state index contributed by atoms with van der Waals surface area (Å²) in [4.78, 5) is 35.4. The van der Waals surface area contributed by atoms with Crippen LogP contribution in [0.1, 0.15) is 52.0 Å². The number of nitrogens with two attached hydrogens (primary N) is 1. The Morgan fingerprint density at radius 1 is 1.25 bits per heavy atom. The molecule has 1 fully saturated rings. The fraction of sp³-hybridized carbons (Fsp3) is 0.667. The van der Waals surface area contributed by atoms with Crippen molar-refractivity contribution >= 4 is 45.3 Å². The van der Waals surface area contributed by atoms with E-state index in [4.69, 9.17) is 20.4 Å². The summed E-state index contributed by atoms with van der Waals surface area (Å²) in [5.74, 6) is 0.614. The summed E-state index contributed by atoms with van der Waals surface area (Å²) in [7, 11) is -3.92. The van der Waals surface area contributed by atoms with Gasteiger partial charge in [0.2, 0.25) is 15.9 Å². The second-order valence-electron chi connectivity index (χ2n) is 10.3. The Bertz CT molecular complexity index is 1090. The summed E-state index contributed by atoms with van der Waals surface area (Å²) in [6, 6.07) is 4.46. The average Bonchev–Trinajstić information content (AvgIpc) is 2.89. The number of nitrogens with zero attached hydrogens (tertiary/aromatic N) is 1. The van der Waals surface area contributed by atoms with Gasteiger partial charge in [-0.1, -0.05) is 19.1 Å². The number of carboxylic acids is 1. The van der Waals surface area contributed by atoms with E-state index in [2.05, 4.69) is 17.0 Å². The molecular formula is C27H44N4O7S2. The number of amides is 1. The quantitative estimate of drug-likeness (QED) is 0.206. The van der Waals surface area contributed by atoms with Gasteiger partial charge >= 0.3 is 5.97 Å². The number of benzene rings is 1. The van der Waals surface area contributed by atoms with Crippen LogP contribution >= 0.6 is 11.8 Å². The number of fused-ring (bicyclic) bond motifs is 1. The number of rotatable bonds is 12. The summed E-state index contributed by atoms with van der Waals surface area (Å²) < 4.78 is 34.8. The third kappa shape index (κ3) is 11.3. The Hall–Kier alpha value is -2.35. The van der Waals surface area contributed by atoms with Crippen LogP contribution in [0.5, 0.6) is 0 Å². The molecule has 3 rings (SSSR count). The maximum absolute atomic E-state index is 13.5. The van der Waals surface area contributed by atoms with Crippen LogP contribution in [0.15, 0.2) is 23.1 Å². The minimum Gasteiger partial charge on any atom is -0.481 e. The molecule has 1 saturated heterocycles. The molecular weight excluding hydrogens is 556 g/mol. The maximum atomic E-state index is 13.5. The van der Waals surface area contributed by atoms with Crippen LogP contribution in [0.3, 0.4) is 0 Å². The van der Waals surface area contributed by atoms with E-state index < -0.39 is 22.0 Å². The molecule has 2 aliphatic heterocycles. The number of sulfonamides is 1. The number of ether oxygens (including phenoxy) is 1. The number of para-hydroxylation sites is 1.